The maximum absolute atomic E-state index is 12.1. The molecule has 0 aliphatic carbocycles. The van der Waals surface area contributed by atoms with Gasteiger partial charge in [-0.1, -0.05) is 11.8 Å². The summed E-state index contributed by atoms with van der Waals surface area (Å²) in [6, 6.07) is 0.887. The van der Waals surface area contributed by atoms with E-state index in [-0.39, 0.29) is 16.2 Å². The molecule has 3 amide bonds. The fraction of sp³-hybridized carbons (Fsp3) is 0.294. The van der Waals surface area contributed by atoms with Gasteiger partial charge in [0, 0.05) is 18.9 Å². The third kappa shape index (κ3) is 4.54. The second-order valence-corrected chi connectivity index (χ2v) is 7.28. The summed E-state index contributed by atoms with van der Waals surface area (Å²) in [4.78, 5) is 34.0. The molecule has 140 valence electrons. The lowest BCUT2D eigenvalue weighted by Gasteiger charge is -2.33. The molecule has 1 saturated heterocycles. The number of aromatic nitrogens is 2. The van der Waals surface area contributed by atoms with E-state index in [2.05, 4.69) is 27.1 Å². The monoisotopic (exact) mass is 404 g/mol. The Morgan fingerprint density at radius 3 is 2.63 bits per heavy atom. The van der Waals surface area contributed by atoms with E-state index in [1.807, 2.05) is 0 Å². The van der Waals surface area contributed by atoms with E-state index in [0.29, 0.717) is 22.7 Å². The number of nitrogens with zero attached hydrogens (tertiary/aromatic N) is 3. The van der Waals surface area contributed by atoms with Crippen LogP contribution in [-0.2, 0) is 0 Å². The highest BCUT2D eigenvalue weighted by Gasteiger charge is 2.29. The van der Waals surface area contributed by atoms with Gasteiger partial charge in [-0.05, 0) is 37.1 Å². The van der Waals surface area contributed by atoms with E-state index in [4.69, 9.17) is 23.1 Å². The van der Waals surface area contributed by atoms with Crippen LogP contribution >= 0.6 is 22.9 Å². The van der Waals surface area contributed by atoms with Crippen molar-refractivity contribution < 1.29 is 9.59 Å². The Bertz CT molecular complexity index is 912. The average Bonchev–Trinajstić information content (AvgIpc) is 3.06. The highest BCUT2D eigenvalue weighted by molar-refractivity contribution is 7.15. The molecule has 27 heavy (non-hydrogen) atoms. The van der Waals surface area contributed by atoms with Crippen LogP contribution in [0.4, 0.5) is 10.5 Å². The van der Waals surface area contributed by atoms with Crippen LogP contribution in [0.1, 0.15) is 33.0 Å². The molecule has 2 aromatic heterocycles. The van der Waals surface area contributed by atoms with E-state index < -0.39 is 11.9 Å². The minimum atomic E-state index is -0.632. The van der Waals surface area contributed by atoms with Gasteiger partial charge in [0.25, 0.3) is 5.91 Å². The zero-order chi connectivity index (χ0) is 19.4. The van der Waals surface area contributed by atoms with Crippen molar-refractivity contribution in [2.24, 2.45) is 11.5 Å². The van der Waals surface area contributed by atoms with Gasteiger partial charge in [0.05, 0.1) is 22.2 Å². The quantitative estimate of drug-likeness (QED) is 0.525. The Kier molecular flexibility index (Phi) is 5.91. The van der Waals surface area contributed by atoms with Crippen LogP contribution in [0.15, 0.2) is 18.5 Å². The summed E-state index contributed by atoms with van der Waals surface area (Å²) >= 11 is 6.77. The Hall–Kier alpha value is -2.67. The van der Waals surface area contributed by atoms with Crippen LogP contribution in [0.25, 0.3) is 0 Å². The first-order valence-electron chi connectivity index (χ1n) is 8.18. The van der Waals surface area contributed by atoms with Crippen molar-refractivity contribution in [1.29, 1.82) is 0 Å². The van der Waals surface area contributed by atoms with Crippen molar-refractivity contribution in [3.63, 3.8) is 0 Å². The number of nitrogens with two attached hydrogens (primary N) is 2. The summed E-state index contributed by atoms with van der Waals surface area (Å²) in [6.45, 7) is 1.48. The van der Waals surface area contributed by atoms with E-state index in [0.717, 1.165) is 30.7 Å². The van der Waals surface area contributed by atoms with Gasteiger partial charge in [-0.15, -0.1) is 11.3 Å². The number of piperidine rings is 1. The minimum absolute atomic E-state index is 0.133. The summed E-state index contributed by atoms with van der Waals surface area (Å²) < 4.78 is 0. The summed E-state index contributed by atoms with van der Waals surface area (Å²) in [5, 5.41) is 3.36. The van der Waals surface area contributed by atoms with Crippen molar-refractivity contribution in [3.05, 3.63) is 39.1 Å². The van der Waals surface area contributed by atoms with Crippen LogP contribution in [0.5, 0.6) is 0 Å². The molecular weight excluding hydrogens is 388 g/mol. The number of nitrogens with one attached hydrogen (secondary N) is 1. The number of rotatable bonds is 3. The molecule has 10 heteroatoms. The average molecular weight is 405 g/mol. The molecule has 0 spiro atoms. The molecule has 1 atom stereocenters. The van der Waals surface area contributed by atoms with Crippen LogP contribution in [0.3, 0.4) is 0 Å². The number of halogens is 1. The number of thiophene rings is 1. The van der Waals surface area contributed by atoms with Crippen molar-refractivity contribution in [2.45, 2.75) is 18.9 Å². The smallest absolute Gasteiger partial charge is 0.319 e. The number of hydrogen-bond donors (Lipinski definition) is 3. The molecule has 0 aromatic carbocycles. The molecule has 8 nitrogen and oxygen atoms in total. The Balaban J connectivity index is 1.96. The zero-order valence-electron chi connectivity index (χ0n) is 14.2. The fourth-order valence-electron chi connectivity index (χ4n) is 2.86. The van der Waals surface area contributed by atoms with Crippen molar-refractivity contribution in [2.75, 3.05) is 18.0 Å². The Labute approximate surface area is 164 Å². The van der Waals surface area contributed by atoms with Gasteiger partial charge in [0.15, 0.2) is 0 Å². The summed E-state index contributed by atoms with van der Waals surface area (Å²) in [6.07, 6.45) is 4.69. The van der Waals surface area contributed by atoms with Gasteiger partial charge in [-0.25, -0.2) is 14.8 Å². The zero-order valence-corrected chi connectivity index (χ0v) is 15.8. The van der Waals surface area contributed by atoms with Crippen LogP contribution in [0.2, 0.25) is 5.28 Å². The number of anilines is 1. The lowest BCUT2D eigenvalue weighted by atomic mass is 10.1. The van der Waals surface area contributed by atoms with E-state index >= 15 is 0 Å². The first-order valence-corrected chi connectivity index (χ1v) is 9.37. The summed E-state index contributed by atoms with van der Waals surface area (Å²) in [7, 11) is 0. The summed E-state index contributed by atoms with van der Waals surface area (Å²) in [5.74, 6) is 5.20. The van der Waals surface area contributed by atoms with Crippen LogP contribution < -0.4 is 21.7 Å². The molecule has 0 radical (unpaired) electrons. The van der Waals surface area contributed by atoms with Gasteiger partial charge >= 0.3 is 6.03 Å². The third-order valence-corrected chi connectivity index (χ3v) is 5.27. The molecule has 5 N–H and O–H groups in total. The summed E-state index contributed by atoms with van der Waals surface area (Å²) in [5.41, 5.74) is 12.1. The molecule has 3 rings (SSSR count). The molecule has 0 unspecified atom stereocenters. The van der Waals surface area contributed by atoms with Crippen molar-refractivity contribution in [3.8, 4) is 11.8 Å². The standard InChI is InChI=1S/C17H17ClN6O2S/c18-16-22-7-10(8-23-16)3-4-12-6-13(14(27-12)15(19)25)24(17(20)26)11-2-1-5-21-9-11/h6-8,11,21H,1-2,5,9H2,(H2,19,25)(H2,20,26)/t11-/m0/s1. The number of amides is 3. The molecule has 1 aliphatic heterocycles. The Morgan fingerprint density at radius 2 is 2.04 bits per heavy atom. The highest BCUT2D eigenvalue weighted by atomic mass is 35.5. The highest BCUT2D eigenvalue weighted by Crippen LogP contribution is 2.32. The molecule has 3 heterocycles. The predicted octanol–water partition coefficient (Wildman–Crippen LogP) is 1.33. The molecular formula is C17H17ClN6O2S. The van der Waals surface area contributed by atoms with E-state index in [1.165, 1.54) is 17.3 Å². The van der Waals surface area contributed by atoms with Gasteiger partial charge < -0.3 is 16.8 Å². The second kappa shape index (κ2) is 8.35. The first kappa shape index (κ1) is 19.1. The molecule has 0 saturated carbocycles. The predicted molar refractivity (Wildman–Crippen MR) is 104 cm³/mol. The normalized spacial score (nSPS) is 16.3. The van der Waals surface area contributed by atoms with Gasteiger partial charge in [-0.2, -0.15) is 0 Å². The number of primary amides is 2. The molecule has 1 aliphatic rings. The molecule has 0 bridgehead atoms. The largest absolute Gasteiger partial charge is 0.365 e. The molecule has 2 aromatic rings. The maximum atomic E-state index is 12.1. The van der Waals surface area contributed by atoms with Gasteiger partial charge in [0.2, 0.25) is 5.28 Å². The van der Waals surface area contributed by atoms with Gasteiger partial charge in [-0.3, -0.25) is 9.69 Å². The fourth-order valence-corrected chi connectivity index (χ4v) is 3.81. The maximum Gasteiger partial charge on any atom is 0.319 e. The van der Waals surface area contributed by atoms with Crippen molar-refractivity contribution in [1.82, 2.24) is 15.3 Å². The van der Waals surface area contributed by atoms with Gasteiger partial charge in [0.1, 0.15) is 4.88 Å². The lowest BCUT2D eigenvalue weighted by Crippen LogP contribution is -2.51. The number of carbonyl (C=O) groups excluding carboxylic acids is 2. The lowest BCUT2D eigenvalue weighted by molar-refractivity contribution is 0.100. The van der Waals surface area contributed by atoms with E-state index in [1.54, 1.807) is 6.07 Å². The second-order valence-electron chi connectivity index (χ2n) is 5.89. The van der Waals surface area contributed by atoms with Crippen LogP contribution in [-0.4, -0.2) is 41.0 Å². The topological polar surface area (TPSA) is 127 Å². The Morgan fingerprint density at radius 1 is 1.30 bits per heavy atom. The minimum Gasteiger partial charge on any atom is -0.365 e. The third-order valence-electron chi connectivity index (χ3n) is 4.02. The molecule has 1 fully saturated rings. The van der Waals surface area contributed by atoms with E-state index in [9.17, 15) is 9.59 Å². The number of urea groups is 1. The van der Waals surface area contributed by atoms with Crippen LogP contribution in [0, 0.1) is 11.8 Å². The number of carbonyl (C=O) groups is 2. The van der Waals surface area contributed by atoms with Crippen molar-refractivity contribution >= 4 is 40.6 Å². The number of hydrogen-bond acceptors (Lipinski definition) is 6. The SMILES string of the molecule is NC(=O)c1sc(C#Cc2cnc(Cl)nc2)cc1N(C(N)=O)[C@H]1CCCNC1. The first-order chi connectivity index (χ1) is 13.0.